The van der Waals surface area contributed by atoms with Crippen LogP contribution in [-0.4, -0.2) is 9.76 Å². The van der Waals surface area contributed by atoms with Crippen LogP contribution in [-0.2, 0) is 0 Å². The Bertz CT molecular complexity index is 281. The largest absolute Gasteiger partial charge is 0.549 e. The second-order valence-electron chi connectivity index (χ2n) is 3.45. The maximum Gasteiger partial charge on any atom is 0.222 e. The molecule has 0 unspecified atom stereocenters. The number of para-hydroxylation sites is 1. The van der Waals surface area contributed by atoms with Gasteiger partial charge in [-0.1, -0.05) is 44.7 Å². The molecule has 0 N–H and O–H groups in total. The monoisotopic (exact) mass is 192 g/mol. The first kappa shape index (κ1) is 10.1. The van der Waals surface area contributed by atoms with Crippen molar-refractivity contribution in [2.24, 2.45) is 0 Å². The van der Waals surface area contributed by atoms with Crippen LogP contribution in [0.4, 0.5) is 0 Å². The number of hydrogen-bond acceptors (Lipinski definition) is 1. The van der Waals surface area contributed by atoms with E-state index in [-0.39, 0.29) is 0 Å². The van der Waals surface area contributed by atoms with E-state index in [9.17, 15) is 0 Å². The third-order valence-electron chi connectivity index (χ3n) is 1.71. The lowest BCUT2D eigenvalue weighted by atomic mass is 10.2. The first-order valence-electron chi connectivity index (χ1n) is 4.58. The molecule has 0 bridgehead atoms. The highest BCUT2D eigenvalue weighted by molar-refractivity contribution is 6.30. The molecule has 13 heavy (non-hydrogen) atoms. The summed E-state index contributed by atoms with van der Waals surface area (Å²) in [6.07, 6.45) is 1.84. The van der Waals surface area contributed by atoms with Crippen molar-refractivity contribution in [3.8, 4) is 5.75 Å². The van der Waals surface area contributed by atoms with Gasteiger partial charge in [0.05, 0.1) is 0 Å². The van der Waals surface area contributed by atoms with Gasteiger partial charge in [-0.05, 0) is 11.6 Å². The van der Waals surface area contributed by atoms with Crippen LogP contribution in [0.25, 0.3) is 6.08 Å². The highest BCUT2D eigenvalue weighted by Crippen LogP contribution is 2.19. The normalized spacial score (nSPS) is 11.0. The molecule has 1 aromatic rings. The smallest absolute Gasteiger partial charge is 0.222 e. The number of benzene rings is 1. The Morgan fingerprint density at radius 1 is 1.38 bits per heavy atom. The van der Waals surface area contributed by atoms with Crippen LogP contribution in [0.15, 0.2) is 30.8 Å². The Balaban J connectivity index is 2.69. The molecule has 0 atom stereocenters. The van der Waals surface area contributed by atoms with Gasteiger partial charge in [0.25, 0.3) is 0 Å². The number of rotatable bonds is 4. The van der Waals surface area contributed by atoms with E-state index < -0.39 is 9.76 Å². The minimum atomic E-state index is -0.431. The van der Waals surface area contributed by atoms with Crippen molar-refractivity contribution in [1.82, 2.24) is 0 Å². The molecule has 0 saturated carbocycles. The van der Waals surface area contributed by atoms with Crippen molar-refractivity contribution >= 4 is 15.8 Å². The summed E-state index contributed by atoms with van der Waals surface area (Å²) in [5.41, 5.74) is 1.79. The Labute approximate surface area is 82.4 Å². The summed E-state index contributed by atoms with van der Waals surface area (Å²) < 4.78 is 5.76. The standard InChI is InChI=1S/C11H16OSi/c1-4-10-7-5-6-8-11(10)12-13-9(2)3/h4-9H,1,13H2,2-3H3. The van der Waals surface area contributed by atoms with E-state index in [1.807, 2.05) is 30.3 Å². The van der Waals surface area contributed by atoms with Crippen LogP contribution in [0.1, 0.15) is 19.4 Å². The van der Waals surface area contributed by atoms with Crippen molar-refractivity contribution in [2.75, 3.05) is 0 Å². The van der Waals surface area contributed by atoms with Gasteiger partial charge in [-0.25, -0.2) is 0 Å². The van der Waals surface area contributed by atoms with Gasteiger partial charge in [-0.15, -0.1) is 0 Å². The van der Waals surface area contributed by atoms with Gasteiger partial charge in [0, 0.05) is 5.56 Å². The van der Waals surface area contributed by atoms with Gasteiger partial charge in [-0.3, -0.25) is 0 Å². The lowest BCUT2D eigenvalue weighted by Gasteiger charge is -2.10. The van der Waals surface area contributed by atoms with E-state index in [1.165, 1.54) is 0 Å². The molecule has 2 heteroatoms. The van der Waals surface area contributed by atoms with Crippen molar-refractivity contribution in [2.45, 2.75) is 19.4 Å². The Hall–Kier alpha value is -1.02. The van der Waals surface area contributed by atoms with Gasteiger partial charge in [0.1, 0.15) is 5.75 Å². The molecular weight excluding hydrogens is 176 g/mol. The van der Waals surface area contributed by atoms with Crippen molar-refractivity contribution in [3.05, 3.63) is 36.4 Å². The molecule has 0 aliphatic heterocycles. The molecule has 1 nitrogen and oxygen atoms in total. The van der Waals surface area contributed by atoms with Gasteiger partial charge in [-0.2, -0.15) is 0 Å². The van der Waals surface area contributed by atoms with Gasteiger partial charge in [0.15, 0.2) is 0 Å². The molecule has 0 fully saturated rings. The highest BCUT2D eigenvalue weighted by atomic mass is 28.2. The minimum Gasteiger partial charge on any atom is -0.549 e. The van der Waals surface area contributed by atoms with Gasteiger partial charge in [0.2, 0.25) is 9.76 Å². The molecule has 0 heterocycles. The zero-order chi connectivity index (χ0) is 9.68. The van der Waals surface area contributed by atoms with Crippen LogP contribution in [0.2, 0.25) is 5.54 Å². The van der Waals surface area contributed by atoms with Crippen LogP contribution < -0.4 is 4.43 Å². The summed E-state index contributed by atoms with van der Waals surface area (Å²) in [6.45, 7) is 8.15. The molecule has 1 aromatic carbocycles. The predicted molar refractivity (Wildman–Crippen MR) is 60.8 cm³/mol. The van der Waals surface area contributed by atoms with E-state index >= 15 is 0 Å². The Morgan fingerprint density at radius 2 is 2.08 bits per heavy atom. The first-order valence-corrected chi connectivity index (χ1v) is 5.97. The van der Waals surface area contributed by atoms with Crippen molar-refractivity contribution in [1.29, 1.82) is 0 Å². The Morgan fingerprint density at radius 3 is 2.69 bits per heavy atom. The van der Waals surface area contributed by atoms with Crippen molar-refractivity contribution < 1.29 is 4.43 Å². The van der Waals surface area contributed by atoms with Crippen LogP contribution >= 0.6 is 0 Å². The maximum atomic E-state index is 5.76. The summed E-state index contributed by atoms with van der Waals surface area (Å²) in [7, 11) is -0.431. The summed E-state index contributed by atoms with van der Waals surface area (Å²) in [5, 5.41) is 0. The topological polar surface area (TPSA) is 9.23 Å². The second-order valence-corrected chi connectivity index (χ2v) is 5.70. The zero-order valence-electron chi connectivity index (χ0n) is 8.29. The molecule has 0 amide bonds. The third kappa shape index (κ3) is 3.07. The van der Waals surface area contributed by atoms with E-state index in [2.05, 4.69) is 20.4 Å². The molecule has 0 spiro atoms. The van der Waals surface area contributed by atoms with Crippen molar-refractivity contribution in [3.63, 3.8) is 0 Å². The molecule has 70 valence electrons. The molecule has 0 aliphatic rings. The molecule has 0 aliphatic carbocycles. The summed E-state index contributed by atoms with van der Waals surface area (Å²) in [5.74, 6) is 0.984. The average Bonchev–Trinajstić information content (AvgIpc) is 2.15. The molecule has 0 radical (unpaired) electrons. The fraction of sp³-hybridized carbons (Fsp3) is 0.273. The predicted octanol–water partition coefficient (Wildman–Crippen LogP) is 2.62. The fourth-order valence-electron chi connectivity index (χ4n) is 1.04. The van der Waals surface area contributed by atoms with Gasteiger partial charge < -0.3 is 4.43 Å². The van der Waals surface area contributed by atoms with Crippen LogP contribution in [0.5, 0.6) is 5.75 Å². The fourth-order valence-corrected chi connectivity index (χ4v) is 1.81. The second kappa shape index (κ2) is 4.87. The molecule has 1 rings (SSSR count). The molecule has 0 saturated heterocycles. The zero-order valence-corrected chi connectivity index (χ0v) is 9.70. The number of hydrogen-bond donors (Lipinski definition) is 0. The SMILES string of the molecule is C=Cc1ccccc1O[SiH2]C(C)C. The molecule has 0 aromatic heterocycles. The Kier molecular flexibility index (Phi) is 3.77. The quantitative estimate of drug-likeness (QED) is 0.666. The first-order chi connectivity index (χ1) is 6.24. The summed E-state index contributed by atoms with van der Waals surface area (Å²) in [4.78, 5) is 0. The maximum absolute atomic E-state index is 5.76. The van der Waals surface area contributed by atoms with E-state index in [4.69, 9.17) is 4.43 Å². The third-order valence-corrected chi connectivity index (χ3v) is 2.86. The van der Waals surface area contributed by atoms with Crippen LogP contribution in [0.3, 0.4) is 0 Å². The van der Waals surface area contributed by atoms with E-state index in [0.717, 1.165) is 11.3 Å². The van der Waals surface area contributed by atoms with Crippen LogP contribution in [0, 0.1) is 0 Å². The minimum absolute atomic E-state index is 0.431. The van der Waals surface area contributed by atoms with E-state index in [1.54, 1.807) is 0 Å². The highest BCUT2D eigenvalue weighted by Gasteiger charge is 2.00. The van der Waals surface area contributed by atoms with E-state index in [0.29, 0.717) is 5.54 Å². The van der Waals surface area contributed by atoms with Gasteiger partial charge >= 0.3 is 0 Å². The lowest BCUT2D eigenvalue weighted by Crippen LogP contribution is -2.06. The average molecular weight is 192 g/mol. The summed E-state index contributed by atoms with van der Waals surface area (Å²) in [6, 6.07) is 8.03. The lowest BCUT2D eigenvalue weighted by molar-refractivity contribution is 0.580. The summed E-state index contributed by atoms with van der Waals surface area (Å²) >= 11 is 0. The molecular formula is C11H16OSi.